The lowest BCUT2D eigenvalue weighted by Gasteiger charge is -2.33. The van der Waals surface area contributed by atoms with Crippen molar-refractivity contribution in [2.24, 2.45) is 4.99 Å². The summed E-state index contributed by atoms with van der Waals surface area (Å²) in [6.07, 6.45) is 8.32. The molecule has 0 unspecified atom stereocenters. The second kappa shape index (κ2) is 14.1. The Balaban J connectivity index is 0.00000364. The second-order valence-electron chi connectivity index (χ2n) is 7.09. The fraction of sp³-hybridized carbons (Fsp3) is 0.833. The molecular weight excluding hydrogens is 457 g/mol. The smallest absolute Gasteiger partial charge is 0.191 e. The highest BCUT2D eigenvalue weighted by atomic mass is 127. The molecule has 1 aliphatic rings. The zero-order valence-corrected chi connectivity index (χ0v) is 19.3. The number of unbranched alkanes of at least 4 members (excludes halogenated alkanes) is 1. The summed E-state index contributed by atoms with van der Waals surface area (Å²) in [5.41, 5.74) is 0. The van der Waals surface area contributed by atoms with Crippen LogP contribution in [0.5, 0.6) is 0 Å². The van der Waals surface area contributed by atoms with Crippen LogP contribution >= 0.6 is 24.0 Å². The molecular formula is C18H36IN7O. The lowest BCUT2D eigenvalue weighted by molar-refractivity contribution is 0.0532. The Hall–Kier alpha value is -0.940. The van der Waals surface area contributed by atoms with Crippen LogP contribution < -0.4 is 10.6 Å². The molecule has 2 N–H and O–H groups in total. The van der Waals surface area contributed by atoms with Crippen LogP contribution in [0.3, 0.4) is 0 Å². The Morgan fingerprint density at radius 2 is 1.89 bits per heavy atom. The number of aromatic nitrogens is 3. The number of rotatable bonds is 10. The summed E-state index contributed by atoms with van der Waals surface area (Å²) < 4.78 is 7.65. The monoisotopic (exact) mass is 493 g/mol. The summed E-state index contributed by atoms with van der Waals surface area (Å²) in [5.74, 6) is 0.913. The van der Waals surface area contributed by atoms with Crippen molar-refractivity contribution in [1.29, 1.82) is 0 Å². The minimum absolute atomic E-state index is 0. The third kappa shape index (κ3) is 10.2. The summed E-state index contributed by atoms with van der Waals surface area (Å²) >= 11 is 0. The molecule has 1 fully saturated rings. The molecule has 0 spiro atoms. The number of halogens is 1. The Kier molecular flexibility index (Phi) is 12.6. The molecule has 27 heavy (non-hydrogen) atoms. The van der Waals surface area contributed by atoms with Gasteiger partial charge < -0.3 is 24.8 Å². The van der Waals surface area contributed by atoms with Gasteiger partial charge in [0.1, 0.15) is 12.7 Å². The van der Waals surface area contributed by atoms with Gasteiger partial charge in [0.15, 0.2) is 5.96 Å². The maximum absolute atomic E-state index is 5.65. The lowest BCUT2D eigenvalue weighted by atomic mass is 10.1. The van der Waals surface area contributed by atoms with Crippen molar-refractivity contribution in [2.75, 3.05) is 39.8 Å². The van der Waals surface area contributed by atoms with E-state index in [1.165, 1.54) is 0 Å². The van der Waals surface area contributed by atoms with Crippen molar-refractivity contribution in [2.45, 2.75) is 58.2 Å². The van der Waals surface area contributed by atoms with Crippen LogP contribution in [0.15, 0.2) is 17.6 Å². The van der Waals surface area contributed by atoms with Gasteiger partial charge in [0.2, 0.25) is 0 Å². The van der Waals surface area contributed by atoms with Crippen LogP contribution in [-0.2, 0) is 11.3 Å². The van der Waals surface area contributed by atoms with Crippen LogP contribution in [0.2, 0.25) is 0 Å². The lowest BCUT2D eigenvalue weighted by Crippen LogP contribution is -2.49. The summed E-state index contributed by atoms with van der Waals surface area (Å²) in [7, 11) is 1.84. The van der Waals surface area contributed by atoms with Crippen LogP contribution in [0.4, 0.5) is 0 Å². The molecule has 8 nitrogen and oxygen atoms in total. The Morgan fingerprint density at radius 1 is 1.19 bits per heavy atom. The van der Waals surface area contributed by atoms with E-state index in [0.29, 0.717) is 12.1 Å². The van der Waals surface area contributed by atoms with Crippen molar-refractivity contribution >= 4 is 29.9 Å². The van der Waals surface area contributed by atoms with E-state index in [-0.39, 0.29) is 24.0 Å². The van der Waals surface area contributed by atoms with Gasteiger partial charge in [-0.3, -0.25) is 4.99 Å². The van der Waals surface area contributed by atoms with E-state index in [9.17, 15) is 0 Å². The Labute approximate surface area is 180 Å². The molecule has 2 rings (SSSR count). The number of likely N-dealkylation sites (tertiary alicyclic amines) is 1. The molecule has 1 aliphatic heterocycles. The maximum Gasteiger partial charge on any atom is 0.191 e. The maximum atomic E-state index is 5.65. The first-order chi connectivity index (χ1) is 12.7. The molecule has 0 aromatic carbocycles. The molecule has 9 heteroatoms. The van der Waals surface area contributed by atoms with E-state index in [1.807, 2.05) is 11.6 Å². The molecule has 0 amide bonds. The zero-order chi connectivity index (χ0) is 18.6. The predicted octanol–water partition coefficient (Wildman–Crippen LogP) is 1.73. The van der Waals surface area contributed by atoms with Gasteiger partial charge in [-0.05, 0) is 39.5 Å². The van der Waals surface area contributed by atoms with Gasteiger partial charge in [0.25, 0.3) is 0 Å². The van der Waals surface area contributed by atoms with Crippen molar-refractivity contribution in [3.8, 4) is 0 Å². The average molecular weight is 493 g/mol. The third-order valence-electron chi connectivity index (χ3n) is 4.61. The number of nitrogens with one attached hydrogen (secondary N) is 2. The van der Waals surface area contributed by atoms with Crippen molar-refractivity contribution in [1.82, 2.24) is 30.3 Å². The minimum Gasteiger partial charge on any atom is -0.377 e. The normalized spacial score (nSPS) is 16.4. The number of nitrogens with zero attached hydrogens (tertiary/aromatic N) is 5. The molecule has 0 atom stereocenters. The van der Waals surface area contributed by atoms with E-state index in [0.717, 1.165) is 71.0 Å². The number of aliphatic imine (C=N–C) groups is 1. The second-order valence-corrected chi connectivity index (χ2v) is 7.09. The summed E-state index contributed by atoms with van der Waals surface area (Å²) in [6, 6.07) is 0.500. The molecule has 1 aromatic heterocycles. The fourth-order valence-electron chi connectivity index (χ4n) is 3.07. The van der Waals surface area contributed by atoms with E-state index >= 15 is 0 Å². The number of hydrogen-bond donors (Lipinski definition) is 2. The number of guanidine groups is 1. The SMILES string of the molecule is CN=C(NCCCCn1cnnc1)NC1CCN(CCOC(C)C)CC1.I. The molecule has 0 aliphatic carbocycles. The zero-order valence-electron chi connectivity index (χ0n) is 16.9. The first kappa shape index (κ1) is 24.1. The average Bonchev–Trinajstić information content (AvgIpc) is 3.15. The largest absolute Gasteiger partial charge is 0.377 e. The van der Waals surface area contributed by atoms with Gasteiger partial charge >= 0.3 is 0 Å². The van der Waals surface area contributed by atoms with E-state index < -0.39 is 0 Å². The third-order valence-corrected chi connectivity index (χ3v) is 4.61. The van der Waals surface area contributed by atoms with Crippen molar-refractivity contribution in [3.63, 3.8) is 0 Å². The van der Waals surface area contributed by atoms with Crippen molar-refractivity contribution < 1.29 is 4.74 Å². The number of aryl methyl sites for hydroxylation is 1. The summed E-state index contributed by atoms with van der Waals surface area (Å²) in [6.45, 7) is 10.2. The van der Waals surface area contributed by atoms with Gasteiger partial charge in [0, 0.05) is 45.8 Å². The molecule has 156 valence electrons. The van der Waals surface area contributed by atoms with Crippen molar-refractivity contribution in [3.05, 3.63) is 12.7 Å². The molecule has 0 saturated carbocycles. The van der Waals surface area contributed by atoms with Gasteiger partial charge in [-0.25, -0.2) is 0 Å². The quantitative estimate of drug-likeness (QED) is 0.224. The number of piperidine rings is 1. The van der Waals surface area contributed by atoms with Gasteiger partial charge in [-0.2, -0.15) is 0 Å². The first-order valence-corrected chi connectivity index (χ1v) is 9.81. The van der Waals surface area contributed by atoms with Gasteiger partial charge in [-0.1, -0.05) is 0 Å². The molecule has 0 radical (unpaired) electrons. The van der Waals surface area contributed by atoms with E-state index in [2.05, 4.69) is 44.6 Å². The van der Waals surface area contributed by atoms with Gasteiger partial charge in [0.05, 0.1) is 12.7 Å². The predicted molar refractivity (Wildman–Crippen MR) is 120 cm³/mol. The topological polar surface area (TPSA) is 79.6 Å². The van der Waals surface area contributed by atoms with Crippen LogP contribution in [0, 0.1) is 0 Å². The molecule has 1 aromatic rings. The van der Waals surface area contributed by atoms with Crippen LogP contribution in [-0.4, -0.2) is 77.6 Å². The summed E-state index contributed by atoms with van der Waals surface area (Å²) in [4.78, 5) is 6.84. The highest BCUT2D eigenvalue weighted by Gasteiger charge is 2.19. The highest BCUT2D eigenvalue weighted by molar-refractivity contribution is 14.0. The molecule has 2 heterocycles. The summed E-state index contributed by atoms with van der Waals surface area (Å²) in [5, 5.41) is 14.6. The highest BCUT2D eigenvalue weighted by Crippen LogP contribution is 2.10. The number of ether oxygens (including phenoxy) is 1. The molecule has 1 saturated heterocycles. The Morgan fingerprint density at radius 3 is 2.52 bits per heavy atom. The Bertz CT molecular complexity index is 502. The van der Waals surface area contributed by atoms with Gasteiger partial charge in [-0.15, -0.1) is 34.2 Å². The minimum atomic E-state index is 0. The number of hydrogen-bond acceptors (Lipinski definition) is 5. The standard InChI is InChI=1S/C18H35N7O.HI/c1-16(2)26-13-12-24-10-6-17(7-11-24)23-18(19-3)20-8-4-5-9-25-14-21-22-15-25;/h14-17H,4-13H2,1-3H3,(H2,19,20,23);1H. The molecule has 0 bridgehead atoms. The van der Waals surface area contributed by atoms with E-state index in [1.54, 1.807) is 12.7 Å². The van der Waals surface area contributed by atoms with Crippen LogP contribution in [0.1, 0.15) is 39.5 Å². The first-order valence-electron chi connectivity index (χ1n) is 9.81. The fourth-order valence-corrected chi connectivity index (χ4v) is 3.07. The van der Waals surface area contributed by atoms with Crippen LogP contribution in [0.25, 0.3) is 0 Å². The van der Waals surface area contributed by atoms with E-state index in [4.69, 9.17) is 4.74 Å².